The lowest BCUT2D eigenvalue weighted by atomic mass is 10.1. The van der Waals surface area contributed by atoms with Gasteiger partial charge in [0, 0.05) is 18.3 Å². The number of anilines is 1. The van der Waals surface area contributed by atoms with Crippen molar-refractivity contribution in [3.8, 4) is 17.2 Å². The van der Waals surface area contributed by atoms with Crippen LogP contribution in [0, 0.1) is 26.6 Å². The van der Waals surface area contributed by atoms with Crippen LogP contribution in [0.3, 0.4) is 0 Å². The maximum absolute atomic E-state index is 13.1. The summed E-state index contributed by atoms with van der Waals surface area (Å²) in [5, 5.41) is 7.12. The van der Waals surface area contributed by atoms with E-state index in [9.17, 15) is 9.18 Å². The van der Waals surface area contributed by atoms with Gasteiger partial charge in [0.1, 0.15) is 17.3 Å². The highest BCUT2D eigenvalue weighted by molar-refractivity contribution is 6.03. The van der Waals surface area contributed by atoms with Crippen molar-refractivity contribution in [3.63, 3.8) is 0 Å². The summed E-state index contributed by atoms with van der Waals surface area (Å²) in [6.07, 6.45) is 3.09. The van der Waals surface area contributed by atoms with E-state index in [-0.39, 0.29) is 11.7 Å². The minimum absolute atomic E-state index is 0.327. The molecule has 1 N–H and O–H groups in total. The molecule has 0 aliphatic rings. The van der Waals surface area contributed by atoms with Crippen molar-refractivity contribution < 1.29 is 9.18 Å². The lowest BCUT2D eigenvalue weighted by molar-refractivity contribution is 0.101. The largest absolute Gasteiger partial charge is 0.318 e. The molecule has 0 aliphatic heterocycles. The number of halogens is 1. The monoisotopic (exact) mass is 405 g/mol. The van der Waals surface area contributed by atoms with Gasteiger partial charge in [-0.1, -0.05) is 0 Å². The van der Waals surface area contributed by atoms with Gasteiger partial charge >= 0.3 is 0 Å². The Balaban J connectivity index is 1.54. The summed E-state index contributed by atoms with van der Waals surface area (Å²) in [6.45, 7) is 5.77. The van der Waals surface area contributed by atoms with Gasteiger partial charge in [-0.25, -0.2) is 19.3 Å². The molecule has 0 unspecified atom stereocenters. The molecule has 3 heterocycles. The molecule has 0 atom stereocenters. The molecule has 4 rings (SSSR count). The van der Waals surface area contributed by atoms with E-state index in [1.165, 1.54) is 16.8 Å². The Morgan fingerprint density at radius 2 is 1.73 bits per heavy atom. The van der Waals surface area contributed by atoms with Gasteiger partial charge in [0.15, 0.2) is 0 Å². The van der Waals surface area contributed by atoms with Gasteiger partial charge in [0.25, 0.3) is 5.91 Å². The van der Waals surface area contributed by atoms with Crippen LogP contribution in [0.1, 0.15) is 27.7 Å². The average molecular weight is 405 g/mol. The first kappa shape index (κ1) is 19.4. The van der Waals surface area contributed by atoms with E-state index in [2.05, 4.69) is 25.4 Å². The number of hydrogen-bond acceptors (Lipinski definition) is 5. The number of imidazole rings is 1. The molecule has 0 radical (unpaired) electrons. The van der Waals surface area contributed by atoms with Crippen LogP contribution in [0.5, 0.6) is 0 Å². The number of rotatable bonds is 4. The van der Waals surface area contributed by atoms with Crippen LogP contribution in [0.4, 0.5) is 10.1 Å². The molecule has 0 saturated heterocycles. The second kappa shape index (κ2) is 7.51. The van der Waals surface area contributed by atoms with Gasteiger partial charge in [0.05, 0.1) is 29.5 Å². The summed E-state index contributed by atoms with van der Waals surface area (Å²) < 4.78 is 16.5. The number of carbonyl (C=O) groups excluding carboxylic acids is 1. The summed E-state index contributed by atoms with van der Waals surface area (Å²) in [7, 11) is 1.68. The second-order valence-electron chi connectivity index (χ2n) is 6.94. The van der Waals surface area contributed by atoms with Gasteiger partial charge in [-0.05, 0) is 51.1 Å². The Kier molecular flexibility index (Phi) is 4.86. The fourth-order valence-corrected chi connectivity index (χ4v) is 3.21. The molecule has 0 aliphatic carbocycles. The van der Waals surface area contributed by atoms with E-state index in [1.807, 2.05) is 25.3 Å². The van der Waals surface area contributed by atoms with Crippen LogP contribution in [-0.4, -0.2) is 35.2 Å². The Morgan fingerprint density at radius 1 is 1.07 bits per heavy atom. The van der Waals surface area contributed by atoms with E-state index in [0.717, 1.165) is 22.8 Å². The Morgan fingerprint density at radius 3 is 2.33 bits per heavy atom. The molecule has 152 valence electrons. The Hall–Kier alpha value is -3.88. The molecule has 30 heavy (non-hydrogen) atoms. The van der Waals surface area contributed by atoms with Crippen molar-refractivity contribution in [3.05, 3.63) is 71.4 Å². The fraction of sp³-hybridized carbons (Fsp3) is 0.190. The van der Waals surface area contributed by atoms with E-state index in [1.54, 1.807) is 37.6 Å². The first-order valence-electron chi connectivity index (χ1n) is 9.30. The minimum atomic E-state index is -0.347. The zero-order chi connectivity index (χ0) is 21.4. The van der Waals surface area contributed by atoms with Gasteiger partial charge < -0.3 is 5.32 Å². The lowest BCUT2D eigenvalue weighted by Gasteiger charge is -2.08. The van der Waals surface area contributed by atoms with Crippen LogP contribution in [0.15, 0.2) is 42.7 Å². The molecule has 9 heteroatoms. The van der Waals surface area contributed by atoms with Crippen LogP contribution >= 0.6 is 0 Å². The smallest absolute Gasteiger partial charge is 0.274 e. The predicted octanol–water partition coefficient (Wildman–Crippen LogP) is 3.38. The van der Waals surface area contributed by atoms with Crippen molar-refractivity contribution >= 4 is 11.6 Å². The van der Waals surface area contributed by atoms with E-state index < -0.39 is 0 Å². The number of aromatic nitrogens is 6. The lowest BCUT2D eigenvalue weighted by Crippen LogP contribution is -2.16. The van der Waals surface area contributed by atoms with Crippen molar-refractivity contribution in [1.82, 2.24) is 29.3 Å². The standard InChI is InChI=1S/C21H20FN7O/c1-12-13(2)29(14(3)25-12)21-23-10-17(11-24-21)26-20(30)19-9-18(27-28(19)4)15-5-7-16(22)8-6-15/h5-11H,1-4H3,(H,26,30). The normalized spacial score (nSPS) is 11.0. The molecule has 0 spiro atoms. The molecule has 0 fully saturated rings. The summed E-state index contributed by atoms with van der Waals surface area (Å²) in [5.74, 6) is 0.612. The fourth-order valence-electron chi connectivity index (χ4n) is 3.21. The molecule has 8 nitrogen and oxygen atoms in total. The zero-order valence-corrected chi connectivity index (χ0v) is 17.0. The van der Waals surface area contributed by atoms with Crippen LogP contribution in [-0.2, 0) is 7.05 Å². The third-order valence-electron chi connectivity index (χ3n) is 4.86. The molecule has 4 aromatic rings. The predicted molar refractivity (Wildman–Crippen MR) is 110 cm³/mol. The number of benzene rings is 1. The molecule has 1 amide bonds. The van der Waals surface area contributed by atoms with Crippen molar-refractivity contribution in [2.45, 2.75) is 20.8 Å². The van der Waals surface area contributed by atoms with Gasteiger partial charge in [-0.3, -0.25) is 14.0 Å². The maximum Gasteiger partial charge on any atom is 0.274 e. The number of amides is 1. The number of carbonyl (C=O) groups is 1. The van der Waals surface area contributed by atoms with Crippen molar-refractivity contribution in [2.75, 3.05) is 5.32 Å². The maximum atomic E-state index is 13.1. The zero-order valence-electron chi connectivity index (χ0n) is 17.0. The highest BCUT2D eigenvalue weighted by Crippen LogP contribution is 2.20. The average Bonchev–Trinajstić information content (AvgIpc) is 3.22. The quantitative estimate of drug-likeness (QED) is 0.562. The van der Waals surface area contributed by atoms with Gasteiger partial charge in [-0.2, -0.15) is 5.10 Å². The van der Waals surface area contributed by atoms with E-state index >= 15 is 0 Å². The summed E-state index contributed by atoms with van der Waals surface area (Å²) in [4.78, 5) is 25.8. The topological polar surface area (TPSA) is 90.5 Å². The number of hydrogen-bond donors (Lipinski definition) is 1. The first-order valence-corrected chi connectivity index (χ1v) is 9.30. The Bertz CT molecular complexity index is 1220. The number of aryl methyl sites for hydroxylation is 3. The summed E-state index contributed by atoms with van der Waals surface area (Å²) in [5.41, 5.74) is 4.00. The van der Waals surface area contributed by atoms with Crippen LogP contribution in [0.2, 0.25) is 0 Å². The van der Waals surface area contributed by atoms with E-state index in [0.29, 0.717) is 23.0 Å². The number of nitrogens with zero attached hydrogens (tertiary/aromatic N) is 6. The first-order chi connectivity index (χ1) is 14.3. The molecule has 1 aromatic carbocycles. The second-order valence-corrected chi connectivity index (χ2v) is 6.94. The molecular formula is C21H20FN7O. The molecule has 0 bridgehead atoms. The summed E-state index contributed by atoms with van der Waals surface area (Å²) >= 11 is 0. The van der Waals surface area contributed by atoms with Crippen LogP contribution in [0.25, 0.3) is 17.2 Å². The van der Waals surface area contributed by atoms with Gasteiger partial charge in [-0.15, -0.1) is 0 Å². The molecular weight excluding hydrogens is 385 g/mol. The highest BCUT2D eigenvalue weighted by atomic mass is 19.1. The summed E-state index contributed by atoms with van der Waals surface area (Å²) in [6, 6.07) is 7.60. The van der Waals surface area contributed by atoms with Crippen LogP contribution < -0.4 is 5.32 Å². The number of nitrogens with one attached hydrogen (secondary N) is 1. The third kappa shape index (κ3) is 3.57. The third-order valence-corrected chi connectivity index (χ3v) is 4.86. The van der Waals surface area contributed by atoms with E-state index in [4.69, 9.17) is 0 Å². The highest BCUT2D eigenvalue weighted by Gasteiger charge is 2.16. The van der Waals surface area contributed by atoms with Crippen molar-refractivity contribution in [2.24, 2.45) is 7.05 Å². The van der Waals surface area contributed by atoms with Gasteiger partial charge in [0.2, 0.25) is 5.95 Å². The molecule has 0 saturated carbocycles. The molecule has 3 aromatic heterocycles. The SMILES string of the molecule is Cc1nc(C)n(-c2ncc(NC(=O)c3cc(-c4ccc(F)cc4)nn3C)cn2)c1C. The minimum Gasteiger partial charge on any atom is -0.318 e. The van der Waals surface area contributed by atoms with Crippen molar-refractivity contribution in [1.29, 1.82) is 0 Å². The Labute approximate surface area is 172 Å².